The Morgan fingerprint density at radius 3 is 2.19 bits per heavy atom. The summed E-state index contributed by atoms with van der Waals surface area (Å²) in [4.78, 5) is 3.21. The van der Waals surface area contributed by atoms with Crippen LogP contribution in [0.3, 0.4) is 0 Å². The molecule has 0 spiro atoms. The van der Waals surface area contributed by atoms with Gasteiger partial charge in [0, 0.05) is 5.56 Å². The van der Waals surface area contributed by atoms with Gasteiger partial charge in [-0.25, -0.2) is 4.98 Å². The first-order valence-corrected chi connectivity index (χ1v) is 4.74. The summed E-state index contributed by atoms with van der Waals surface area (Å²) in [6, 6.07) is 0. The summed E-state index contributed by atoms with van der Waals surface area (Å²) in [5.74, 6) is -0.322. The molecule has 1 aromatic rings. The van der Waals surface area contributed by atoms with Crippen LogP contribution in [0.5, 0.6) is 5.75 Å². The molecule has 0 atom stereocenters. The minimum absolute atomic E-state index is 0.176. The minimum atomic E-state index is -4.52. The molecular weight excluding hydrogens is 221 g/mol. The van der Waals surface area contributed by atoms with E-state index < -0.39 is 11.9 Å². The van der Waals surface area contributed by atoms with Crippen molar-refractivity contribution in [2.75, 3.05) is 12.8 Å². The number of alkyl halides is 3. The SMILES string of the molecule is CC.COc1c(C(F)(F)F)ncc(N)c1C. The summed E-state index contributed by atoms with van der Waals surface area (Å²) in [7, 11) is 1.15. The van der Waals surface area contributed by atoms with E-state index in [9.17, 15) is 13.2 Å². The monoisotopic (exact) mass is 236 g/mol. The van der Waals surface area contributed by atoms with Crippen LogP contribution < -0.4 is 10.5 Å². The third-order valence-corrected chi connectivity index (χ3v) is 1.79. The van der Waals surface area contributed by atoms with Crippen LogP contribution in [0.2, 0.25) is 0 Å². The number of rotatable bonds is 1. The van der Waals surface area contributed by atoms with Gasteiger partial charge < -0.3 is 10.5 Å². The maximum absolute atomic E-state index is 12.4. The Morgan fingerprint density at radius 2 is 1.81 bits per heavy atom. The van der Waals surface area contributed by atoms with E-state index >= 15 is 0 Å². The quantitative estimate of drug-likeness (QED) is 0.815. The van der Waals surface area contributed by atoms with Gasteiger partial charge in [-0.15, -0.1) is 0 Å². The Kier molecular flexibility index (Phi) is 5.07. The highest BCUT2D eigenvalue weighted by Gasteiger charge is 2.37. The van der Waals surface area contributed by atoms with E-state index in [4.69, 9.17) is 5.73 Å². The van der Waals surface area contributed by atoms with Gasteiger partial charge in [0.1, 0.15) is 0 Å². The lowest BCUT2D eigenvalue weighted by Gasteiger charge is -2.13. The molecule has 92 valence electrons. The van der Waals surface area contributed by atoms with Crippen LogP contribution in [0.15, 0.2) is 6.20 Å². The molecule has 0 saturated carbocycles. The largest absolute Gasteiger partial charge is 0.494 e. The summed E-state index contributed by atoms with van der Waals surface area (Å²) in [6.07, 6.45) is -3.55. The lowest BCUT2D eigenvalue weighted by molar-refractivity contribution is -0.142. The van der Waals surface area contributed by atoms with Crippen molar-refractivity contribution in [3.05, 3.63) is 17.5 Å². The van der Waals surface area contributed by atoms with E-state index in [0.29, 0.717) is 0 Å². The normalized spacial score (nSPS) is 10.4. The van der Waals surface area contributed by atoms with Gasteiger partial charge in [-0.1, -0.05) is 13.8 Å². The molecule has 6 heteroatoms. The third-order valence-electron chi connectivity index (χ3n) is 1.79. The number of nitrogen functional groups attached to an aromatic ring is 1. The van der Waals surface area contributed by atoms with Gasteiger partial charge in [-0.2, -0.15) is 13.2 Å². The smallest absolute Gasteiger partial charge is 0.437 e. The molecule has 0 unspecified atom stereocenters. The van der Waals surface area contributed by atoms with Gasteiger partial charge >= 0.3 is 6.18 Å². The second-order valence-corrected chi connectivity index (χ2v) is 2.72. The second-order valence-electron chi connectivity index (χ2n) is 2.72. The van der Waals surface area contributed by atoms with E-state index in [-0.39, 0.29) is 17.0 Å². The minimum Gasteiger partial charge on any atom is -0.494 e. The summed E-state index contributed by atoms with van der Waals surface area (Å²) in [6.45, 7) is 5.45. The maximum atomic E-state index is 12.4. The summed E-state index contributed by atoms with van der Waals surface area (Å²) in [5.41, 5.74) is 4.77. The number of pyridine rings is 1. The average molecular weight is 236 g/mol. The molecule has 0 bridgehead atoms. The van der Waals surface area contributed by atoms with Crippen molar-refractivity contribution in [3.63, 3.8) is 0 Å². The van der Waals surface area contributed by atoms with Crippen LogP contribution in [0.4, 0.5) is 18.9 Å². The fourth-order valence-corrected chi connectivity index (χ4v) is 1.05. The van der Waals surface area contributed by atoms with Crippen molar-refractivity contribution >= 4 is 5.69 Å². The number of halogens is 3. The maximum Gasteiger partial charge on any atom is 0.437 e. The standard InChI is InChI=1S/C8H9F3N2O.C2H6/c1-4-5(12)3-13-7(6(4)14-2)8(9,10)11;1-2/h3H,12H2,1-2H3;1-2H3. The molecule has 0 amide bonds. The molecule has 0 fully saturated rings. The number of ether oxygens (including phenoxy) is 1. The van der Waals surface area contributed by atoms with E-state index in [1.807, 2.05) is 13.8 Å². The molecule has 0 aromatic carbocycles. The number of nitrogens with zero attached hydrogens (tertiary/aromatic N) is 1. The Balaban J connectivity index is 0.00000106. The predicted molar refractivity (Wildman–Crippen MR) is 56.3 cm³/mol. The molecule has 0 radical (unpaired) electrons. The fraction of sp³-hybridized carbons (Fsp3) is 0.500. The number of aromatic nitrogens is 1. The topological polar surface area (TPSA) is 48.1 Å². The van der Waals surface area contributed by atoms with Gasteiger partial charge in [0.05, 0.1) is 19.0 Å². The highest BCUT2D eigenvalue weighted by molar-refractivity contribution is 5.54. The first-order chi connectivity index (χ1) is 7.38. The summed E-state index contributed by atoms with van der Waals surface area (Å²) in [5, 5.41) is 0. The zero-order valence-corrected chi connectivity index (χ0v) is 9.64. The van der Waals surface area contributed by atoms with E-state index in [2.05, 4.69) is 9.72 Å². The van der Waals surface area contributed by atoms with E-state index in [1.165, 1.54) is 6.92 Å². The second kappa shape index (κ2) is 5.58. The summed E-state index contributed by atoms with van der Waals surface area (Å²) < 4.78 is 41.7. The molecule has 16 heavy (non-hydrogen) atoms. The van der Waals surface area contributed by atoms with Gasteiger partial charge in [0.15, 0.2) is 11.4 Å². The Bertz CT molecular complexity index is 351. The van der Waals surface area contributed by atoms with Crippen LogP contribution >= 0.6 is 0 Å². The van der Waals surface area contributed by atoms with Crippen molar-refractivity contribution in [2.45, 2.75) is 26.9 Å². The van der Waals surface area contributed by atoms with Crippen molar-refractivity contribution in [3.8, 4) is 5.75 Å². The lowest BCUT2D eigenvalue weighted by atomic mass is 10.2. The Morgan fingerprint density at radius 1 is 1.31 bits per heavy atom. The molecule has 0 aliphatic carbocycles. The number of anilines is 1. The van der Waals surface area contributed by atoms with Crippen molar-refractivity contribution in [1.82, 2.24) is 4.98 Å². The fourth-order valence-electron chi connectivity index (χ4n) is 1.05. The van der Waals surface area contributed by atoms with Crippen LogP contribution in [-0.2, 0) is 6.18 Å². The Hall–Kier alpha value is -1.46. The molecule has 2 N–H and O–H groups in total. The zero-order chi connectivity index (χ0) is 12.9. The van der Waals surface area contributed by atoms with Crippen LogP contribution in [0.1, 0.15) is 25.1 Å². The van der Waals surface area contributed by atoms with Crippen LogP contribution in [-0.4, -0.2) is 12.1 Å². The number of hydrogen-bond acceptors (Lipinski definition) is 3. The van der Waals surface area contributed by atoms with Crippen LogP contribution in [0, 0.1) is 6.92 Å². The number of nitrogens with two attached hydrogens (primary N) is 1. The molecule has 0 aliphatic rings. The van der Waals surface area contributed by atoms with Gasteiger partial charge in [0.2, 0.25) is 0 Å². The Labute approximate surface area is 92.4 Å². The van der Waals surface area contributed by atoms with Crippen molar-refractivity contribution in [1.29, 1.82) is 0 Å². The zero-order valence-electron chi connectivity index (χ0n) is 9.64. The van der Waals surface area contributed by atoms with Crippen LogP contribution in [0.25, 0.3) is 0 Å². The summed E-state index contributed by atoms with van der Waals surface area (Å²) >= 11 is 0. The number of methoxy groups -OCH3 is 1. The molecule has 1 heterocycles. The van der Waals surface area contributed by atoms with Crippen molar-refractivity contribution < 1.29 is 17.9 Å². The average Bonchev–Trinajstić information content (AvgIpc) is 2.23. The molecule has 0 aliphatic heterocycles. The highest BCUT2D eigenvalue weighted by atomic mass is 19.4. The van der Waals surface area contributed by atoms with Gasteiger partial charge in [0.25, 0.3) is 0 Å². The first-order valence-electron chi connectivity index (χ1n) is 4.74. The number of hydrogen-bond donors (Lipinski definition) is 1. The molecule has 1 aromatic heterocycles. The molecule has 0 saturated heterocycles. The van der Waals surface area contributed by atoms with E-state index in [1.54, 1.807) is 0 Å². The molecule has 3 nitrogen and oxygen atoms in total. The highest BCUT2D eigenvalue weighted by Crippen LogP contribution is 2.37. The van der Waals surface area contributed by atoms with Crippen molar-refractivity contribution in [2.24, 2.45) is 0 Å². The lowest BCUT2D eigenvalue weighted by Crippen LogP contribution is -2.12. The third kappa shape index (κ3) is 3.01. The molecular formula is C10H15F3N2O. The van der Waals surface area contributed by atoms with Gasteiger partial charge in [-0.05, 0) is 6.92 Å². The first kappa shape index (κ1) is 14.5. The predicted octanol–water partition coefficient (Wildman–Crippen LogP) is 3.03. The van der Waals surface area contributed by atoms with E-state index in [0.717, 1.165) is 13.3 Å². The van der Waals surface area contributed by atoms with Gasteiger partial charge in [-0.3, -0.25) is 0 Å². The molecule has 1 rings (SSSR count).